The molecule has 100 valence electrons. The highest BCUT2D eigenvalue weighted by molar-refractivity contribution is 6.63. The summed E-state index contributed by atoms with van der Waals surface area (Å²) >= 11 is 0. The maximum absolute atomic E-state index is 9.18. The van der Waals surface area contributed by atoms with Gasteiger partial charge in [0, 0.05) is 6.20 Å². The zero-order valence-corrected chi connectivity index (χ0v) is 11.9. The van der Waals surface area contributed by atoms with Crippen LogP contribution in [-0.2, 0) is 9.31 Å². The fourth-order valence-corrected chi connectivity index (χ4v) is 1.91. The van der Waals surface area contributed by atoms with Crippen LogP contribution in [0.2, 0.25) is 0 Å². The summed E-state index contributed by atoms with van der Waals surface area (Å²) < 4.78 is 17.2. The van der Waals surface area contributed by atoms with Crippen molar-refractivity contribution in [1.29, 1.82) is 5.26 Å². The first-order valence-electron chi connectivity index (χ1n) is 6.11. The Balaban J connectivity index is 2.48. The Morgan fingerprint density at radius 1 is 1.26 bits per heavy atom. The first-order valence-corrected chi connectivity index (χ1v) is 6.11. The van der Waals surface area contributed by atoms with E-state index in [-0.39, 0.29) is 5.69 Å². The fraction of sp³-hybridized carbons (Fsp3) is 0.538. The number of pyridine rings is 1. The zero-order chi connectivity index (χ0) is 14.3. The van der Waals surface area contributed by atoms with Crippen molar-refractivity contribution in [2.45, 2.75) is 38.9 Å². The van der Waals surface area contributed by atoms with Crippen LogP contribution in [0.15, 0.2) is 12.3 Å². The van der Waals surface area contributed by atoms with Crippen molar-refractivity contribution in [1.82, 2.24) is 4.98 Å². The van der Waals surface area contributed by atoms with Crippen LogP contribution < -0.4 is 10.2 Å². The highest BCUT2D eigenvalue weighted by Gasteiger charge is 2.53. The van der Waals surface area contributed by atoms with Gasteiger partial charge in [0.25, 0.3) is 0 Å². The van der Waals surface area contributed by atoms with E-state index in [0.29, 0.717) is 11.2 Å². The highest BCUT2D eigenvalue weighted by Crippen LogP contribution is 2.37. The summed E-state index contributed by atoms with van der Waals surface area (Å²) in [5.41, 5.74) is -0.125. The third kappa shape index (κ3) is 2.20. The summed E-state index contributed by atoms with van der Waals surface area (Å²) in [5.74, 6) is 0.546. The lowest BCUT2D eigenvalue weighted by molar-refractivity contribution is 0.00578. The first-order chi connectivity index (χ1) is 8.82. The van der Waals surface area contributed by atoms with Crippen LogP contribution in [0.25, 0.3) is 0 Å². The van der Waals surface area contributed by atoms with Gasteiger partial charge in [0.1, 0.15) is 17.5 Å². The Labute approximate surface area is 113 Å². The van der Waals surface area contributed by atoms with Gasteiger partial charge in [-0.3, -0.25) is 0 Å². The Hall–Kier alpha value is -1.58. The Morgan fingerprint density at radius 2 is 1.84 bits per heavy atom. The van der Waals surface area contributed by atoms with Crippen LogP contribution in [0, 0.1) is 11.3 Å². The number of nitrogens with zero attached hydrogens (tertiary/aromatic N) is 2. The van der Waals surface area contributed by atoms with Crippen molar-refractivity contribution < 1.29 is 14.0 Å². The van der Waals surface area contributed by atoms with Gasteiger partial charge in [-0.1, -0.05) is 0 Å². The van der Waals surface area contributed by atoms with Crippen molar-refractivity contribution in [3.63, 3.8) is 0 Å². The maximum atomic E-state index is 9.18. The fourth-order valence-electron chi connectivity index (χ4n) is 1.91. The third-order valence-electron chi connectivity index (χ3n) is 3.76. The average Bonchev–Trinajstić information content (AvgIpc) is 2.57. The molecule has 6 heteroatoms. The Morgan fingerprint density at radius 3 is 2.32 bits per heavy atom. The second-order valence-electron chi connectivity index (χ2n) is 5.48. The van der Waals surface area contributed by atoms with Crippen molar-refractivity contribution in [2.24, 2.45) is 0 Å². The molecule has 2 heterocycles. The highest BCUT2D eigenvalue weighted by atomic mass is 16.7. The van der Waals surface area contributed by atoms with Crippen molar-refractivity contribution in [3.8, 4) is 11.8 Å². The van der Waals surface area contributed by atoms with Gasteiger partial charge in [-0.15, -0.1) is 0 Å². The van der Waals surface area contributed by atoms with E-state index in [0.717, 1.165) is 0 Å². The van der Waals surface area contributed by atoms with Gasteiger partial charge in [-0.25, -0.2) is 4.98 Å². The summed E-state index contributed by atoms with van der Waals surface area (Å²) in [6.07, 6.45) is 1.53. The van der Waals surface area contributed by atoms with Crippen LogP contribution in [-0.4, -0.2) is 30.4 Å². The predicted octanol–water partition coefficient (Wildman–Crippen LogP) is 1.26. The summed E-state index contributed by atoms with van der Waals surface area (Å²) in [4.78, 5) is 4.04. The molecule has 0 amide bonds. The van der Waals surface area contributed by atoms with E-state index in [1.807, 2.05) is 27.7 Å². The Kier molecular flexibility index (Phi) is 3.29. The Bertz CT molecular complexity index is 521. The average molecular weight is 260 g/mol. The SMILES string of the molecule is COc1ccnc(C#N)c1B1OC(C)(C)C(C)(C)O1. The number of aromatic nitrogens is 1. The van der Waals surface area contributed by atoms with E-state index >= 15 is 0 Å². The molecule has 2 rings (SSSR count). The number of hydrogen-bond acceptors (Lipinski definition) is 5. The zero-order valence-electron chi connectivity index (χ0n) is 11.9. The minimum Gasteiger partial charge on any atom is -0.497 e. The second-order valence-corrected chi connectivity index (χ2v) is 5.48. The van der Waals surface area contributed by atoms with Crippen LogP contribution in [0.5, 0.6) is 5.75 Å². The smallest absolute Gasteiger partial charge is 0.497 e. The number of ether oxygens (including phenoxy) is 1. The van der Waals surface area contributed by atoms with E-state index in [4.69, 9.17) is 14.0 Å². The molecule has 19 heavy (non-hydrogen) atoms. The molecule has 1 aromatic rings. The molecule has 1 aromatic heterocycles. The quantitative estimate of drug-likeness (QED) is 0.749. The lowest BCUT2D eigenvalue weighted by Crippen LogP contribution is -2.41. The molecule has 0 aromatic carbocycles. The van der Waals surface area contributed by atoms with Gasteiger partial charge in [0.2, 0.25) is 0 Å². The lowest BCUT2D eigenvalue weighted by Gasteiger charge is -2.32. The largest absolute Gasteiger partial charge is 0.501 e. The van der Waals surface area contributed by atoms with Crippen molar-refractivity contribution in [3.05, 3.63) is 18.0 Å². The maximum Gasteiger partial charge on any atom is 0.501 e. The predicted molar refractivity (Wildman–Crippen MR) is 71.2 cm³/mol. The molecule has 1 saturated heterocycles. The van der Waals surface area contributed by atoms with E-state index in [9.17, 15) is 5.26 Å². The third-order valence-corrected chi connectivity index (χ3v) is 3.76. The lowest BCUT2D eigenvalue weighted by atomic mass is 9.77. The molecule has 0 N–H and O–H groups in total. The van der Waals surface area contributed by atoms with Crippen molar-refractivity contribution in [2.75, 3.05) is 7.11 Å². The van der Waals surface area contributed by atoms with Gasteiger partial charge in [0.15, 0.2) is 0 Å². The monoisotopic (exact) mass is 260 g/mol. The molecular weight excluding hydrogens is 243 g/mol. The molecular formula is C13H17BN2O3. The minimum atomic E-state index is -0.650. The van der Waals surface area contributed by atoms with Gasteiger partial charge in [0.05, 0.1) is 23.8 Å². The molecule has 0 aliphatic carbocycles. The van der Waals surface area contributed by atoms with E-state index in [1.165, 1.54) is 6.20 Å². The van der Waals surface area contributed by atoms with E-state index < -0.39 is 18.3 Å². The minimum absolute atomic E-state index is 0.262. The normalized spacial score (nSPS) is 20.1. The molecule has 0 bridgehead atoms. The second kappa shape index (κ2) is 4.51. The van der Waals surface area contributed by atoms with Crippen LogP contribution in [0.1, 0.15) is 33.4 Å². The number of hydrogen-bond donors (Lipinski definition) is 0. The van der Waals surface area contributed by atoms with Gasteiger partial charge in [-0.2, -0.15) is 5.26 Å². The van der Waals surface area contributed by atoms with Crippen LogP contribution >= 0.6 is 0 Å². The summed E-state index contributed by atoms with van der Waals surface area (Å²) in [6.45, 7) is 7.84. The van der Waals surface area contributed by atoms with E-state index in [1.54, 1.807) is 13.2 Å². The van der Waals surface area contributed by atoms with Crippen molar-refractivity contribution >= 4 is 12.6 Å². The summed E-state index contributed by atoms with van der Waals surface area (Å²) in [5, 5.41) is 9.18. The summed E-state index contributed by atoms with van der Waals surface area (Å²) in [6, 6.07) is 3.75. The molecule has 1 aliphatic heterocycles. The molecule has 1 fully saturated rings. The number of nitriles is 1. The standard InChI is InChI=1S/C13H17BN2O3/c1-12(2)13(3,4)19-14(18-12)11-9(8-15)16-7-6-10(11)17-5/h6-7H,1-5H3. The molecule has 1 aliphatic rings. The topological polar surface area (TPSA) is 64.4 Å². The molecule has 5 nitrogen and oxygen atoms in total. The number of methoxy groups -OCH3 is 1. The summed E-state index contributed by atoms with van der Waals surface area (Å²) in [7, 11) is 0.897. The first kappa shape index (κ1) is 13.8. The molecule has 0 spiro atoms. The molecule has 0 radical (unpaired) electrons. The number of rotatable bonds is 2. The molecule has 0 saturated carbocycles. The van der Waals surface area contributed by atoms with Crippen LogP contribution in [0.3, 0.4) is 0 Å². The van der Waals surface area contributed by atoms with Gasteiger partial charge in [-0.05, 0) is 33.8 Å². The van der Waals surface area contributed by atoms with E-state index in [2.05, 4.69) is 11.1 Å². The molecule has 0 unspecified atom stereocenters. The van der Waals surface area contributed by atoms with Gasteiger partial charge < -0.3 is 14.0 Å². The van der Waals surface area contributed by atoms with Crippen LogP contribution in [0.4, 0.5) is 0 Å². The van der Waals surface area contributed by atoms with Gasteiger partial charge >= 0.3 is 7.12 Å². The molecule has 0 atom stereocenters.